The van der Waals surface area contributed by atoms with Gasteiger partial charge in [0.1, 0.15) is 5.60 Å². The van der Waals surface area contributed by atoms with Gasteiger partial charge in [-0.05, 0) is 49.4 Å². The molecular weight excluding hydrogens is 514 g/mol. The first-order chi connectivity index (χ1) is 17.5. The smallest absolute Gasteiger partial charge is 0.430 e. The minimum Gasteiger partial charge on any atom is -0.444 e. The highest BCUT2D eigenvalue weighted by atomic mass is 19.4. The Morgan fingerprint density at radius 1 is 0.895 bits per heavy atom. The average Bonchev–Trinajstić information content (AvgIpc) is 2.81. The second-order valence-corrected chi connectivity index (χ2v) is 10.4. The molecule has 1 N–H and O–H groups in total. The Morgan fingerprint density at radius 3 is 1.92 bits per heavy atom. The number of benzene rings is 2. The third-order valence-electron chi connectivity index (χ3n) is 6.41. The number of ether oxygens (including phenoxy) is 1. The van der Waals surface area contributed by atoms with Gasteiger partial charge in [-0.3, -0.25) is 4.90 Å². The topological polar surface area (TPSA) is 53.0 Å². The van der Waals surface area contributed by atoms with Gasteiger partial charge in [0.15, 0.2) is 0 Å². The number of carbonyl (C=O) groups is 1. The molecule has 1 heterocycles. The van der Waals surface area contributed by atoms with E-state index >= 15 is 0 Å². The van der Waals surface area contributed by atoms with Crippen molar-refractivity contribution in [2.24, 2.45) is 0 Å². The molecule has 38 heavy (non-hydrogen) atoms. The molecule has 2 aromatic carbocycles. The number of hydrogen-bond donors (Lipinski definition) is 1. The minimum atomic E-state index is -5.93. The minimum absolute atomic E-state index is 0.343. The summed E-state index contributed by atoms with van der Waals surface area (Å²) in [5.41, 5.74) is -3.81. The van der Waals surface area contributed by atoms with Gasteiger partial charge in [0.25, 0.3) is 5.60 Å². The number of piperazine rings is 1. The van der Waals surface area contributed by atoms with Crippen LogP contribution < -0.4 is 0 Å². The molecule has 0 unspecified atom stereocenters. The Morgan fingerprint density at radius 2 is 1.45 bits per heavy atom. The molecule has 210 valence electrons. The van der Waals surface area contributed by atoms with Crippen molar-refractivity contribution in [2.75, 3.05) is 26.2 Å². The highest BCUT2D eigenvalue weighted by molar-refractivity contribution is 5.69. The van der Waals surface area contributed by atoms with E-state index in [2.05, 4.69) is 4.90 Å². The van der Waals surface area contributed by atoms with E-state index in [0.717, 1.165) is 23.3 Å². The van der Waals surface area contributed by atoms with E-state index in [4.69, 9.17) is 4.74 Å². The summed E-state index contributed by atoms with van der Waals surface area (Å²) in [5.74, 6) is 0. The normalized spacial score (nSPS) is 16.0. The molecule has 11 heteroatoms. The van der Waals surface area contributed by atoms with E-state index in [9.17, 15) is 36.2 Å². The quantitative estimate of drug-likeness (QED) is 0.449. The molecule has 2 aromatic rings. The lowest BCUT2D eigenvalue weighted by Crippen LogP contribution is -2.53. The lowest BCUT2D eigenvalue weighted by Gasteiger charge is -2.35. The van der Waals surface area contributed by atoms with Gasteiger partial charge in [-0.2, -0.15) is 26.3 Å². The monoisotopic (exact) mass is 546 g/mol. The zero-order chi connectivity index (χ0) is 28.5. The van der Waals surface area contributed by atoms with Crippen molar-refractivity contribution in [3.63, 3.8) is 0 Å². The molecule has 1 fully saturated rings. The molecule has 1 aliphatic heterocycles. The number of aliphatic hydroxyl groups is 1. The molecular formula is C27H32F6N2O3. The largest absolute Gasteiger partial charge is 0.444 e. The third-order valence-corrected chi connectivity index (χ3v) is 6.41. The molecule has 3 rings (SSSR count). The van der Waals surface area contributed by atoms with Crippen molar-refractivity contribution < 1.29 is 41.0 Å². The molecule has 0 atom stereocenters. The predicted octanol–water partition coefficient (Wildman–Crippen LogP) is 6.28. The first kappa shape index (κ1) is 29.8. The summed E-state index contributed by atoms with van der Waals surface area (Å²) in [6.45, 7) is 10.3. The SMILES string of the molecule is CCc1cc(CN2CCN(C(=O)OC(C)(C)C)CC2)ccc1-c1ccc(C(O)(C(F)(F)F)C(F)(F)F)cc1. The maximum Gasteiger partial charge on any atom is 0.430 e. The molecule has 1 saturated heterocycles. The highest BCUT2D eigenvalue weighted by Crippen LogP contribution is 2.50. The summed E-state index contributed by atoms with van der Waals surface area (Å²) < 4.78 is 84.6. The van der Waals surface area contributed by atoms with E-state index < -0.39 is 29.1 Å². The Labute approximate surface area is 218 Å². The van der Waals surface area contributed by atoms with Gasteiger partial charge in [0.2, 0.25) is 0 Å². The Balaban J connectivity index is 1.73. The van der Waals surface area contributed by atoms with E-state index in [0.29, 0.717) is 62.4 Å². The summed E-state index contributed by atoms with van der Waals surface area (Å²) >= 11 is 0. The van der Waals surface area contributed by atoms with Gasteiger partial charge in [0, 0.05) is 38.3 Å². The van der Waals surface area contributed by atoms with E-state index in [-0.39, 0.29) is 6.09 Å². The van der Waals surface area contributed by atoms with Crippen LogP contribution in [0.4, 0.5) is 31.1 Å². The zero-order valence-corrected chi connectivity index (χ0v) is 21.7. The second-order valence-electron chi connectivity index (χ2n) is 10.4. The molecule has 0 aromatic heterocycles. The number of hydrogen-bond acceptors (Lipinski definition) is 4. The summed E-state index contributed by atoms with van der Waals surface area (Å²) in [7, 11) is 0. The van der Waals surface area contributed by atoms with Crippen LogP contribution >= 0.6 is 0 Å². The summed E-state index contributed by atoms with van der Waals surface area (Å²) in [6.07, 6.45) is -11.6. The fraction of sp³-hybridized carbons (Fsp3) is 0.519. The first-order valence-electron chi connectivity index (χ1n) is 12.2. The van der Waals surface area contributed by atoms with E-state index in [1.54, 1.807) is 11.0 Å². The standard InChI is InChI=1S/C27H32F6N2O3/c1-5-19-16-18(17-34-12-14-35(15-13-34)23(36)38-24(2,3)4)6-11-22(19)20-7-9-21(10-8-20)25(37,26(28,29)30)27(31,32)33/h6-11,16,37H,5,12-15,17H2,1-4H3. The van der Waals surface area contributed by atoms with Crippen LogP contribution in [0.25, 0.3) is 11.1 Å². The number of alkyl halides is 6. The molecule has 0 radical (unpaired) electrons. The van der Waals surface area contributed by atoms with Crippen LogP contribution in [0.2, 0.25) is 0 Å². The van der Waals surface area contributed by atoms with Crippen molar-refractivity contribution in [1.29, 1.82) is 0 Å². The van der Waals surface area contributed by atoms with Crippen LogP contribution in [0.1, 0.15) is 44.4 Å². The van der Waals surface area contributed by atoms with E-state index in [1.165, 1.54) is 0 Å². The van der Waals surface area contributed by atoms with Crippen molar-refractivity contribution in [2.45, 2.75) is 64.2 Å². The van der Waals surface area contributed by atoms with Crippen molar-refractivity contribution in [3.8, 4) is 11.1 Å². The van der Waals surface area contributed by atoms with Crippen LogP contribution in [-0.4, -0.2) is 65.1 Å². The molecule has 0 aliphatic carbocycles. The first-order valence-corrected chi connectivity index (χ1v) is 12.2. The lowest BCUT2D eigenvalue weighted by molar-refractivity contribution is -0.376. The predicted molar refractivity (Wildman–Crippen MR) is 130 cm³/mol. The Bertz CT molecular complexity index is 1100. The Kier molecular flexibility index (Phi) is 8.43. The molecule has 0 spiro atoms. The van der Waals surface area contributed by atoms with Crippen LogP contribution in [0.15, 0.2) is 42.5 Å². The van der Waals surface area contributed by atoms with Gasteiger partial charge < -0.3 is 14.7 Å². The van der Waals surface area contributed by atoms with Crippen molar-refractivity contribution in [1.82, 2.24) is 9.80 Å². The molecule has 5 nitrogen and oxygen atoms in total. The molecule has 1 aliphatic rings. The van der Waals surface area contributed by atoms with Crippen LogP contribution in [-0.2, 0) is 23.3 Å². The van der Waals surface area contributed by atoms with Gasteiger partial charge in [-0.1, -0.05) is 49.4 Å². The second kappa shape index (κ2) is 10.8. The van der Waals surface area contributed by atoms with Crippen LogP contribution in [0.3, 0.4) is 0 Å². The van der Waals surface area contributed by atoms with Gasteiger partial charge in [0.05, 0.1) is 0 Å². The highest BCUT2D eigenvalue weighted by Gasteiger charge is 2.71. The maximum atomic E-state index is 13.2. The zero-order valence-electron chi connectivity index (χ0n) is 21.7. The Hall–Kier alpha value is -2.79. The number of rotatable bonds is 5. The summed E-state index contributed by atoms with van der Waals surface area (Å²) in [4.78, 5) is 16.1. The fourth-order valence-corrected chi connectivity index (χ4v) is 4.37. The van der Waals surface area contributed by atoms with Gasteiger partial charge in [-0.25, -0.2) is 4.79 Å². The van der Waals surface area contributed by atoms with Gasteiger partial charge in [-0.15, -0.1) is 0 Å². The molecule has 0 saturated carbocycles. The molecule has 0 bridgehead atoms. The van der Waals surface area contributed by atoms with Gasteiger partial charge >= 0.3 is 18.4 Å². The average molecular weight is 547 g/mol. The fourth-order valence-electron chi connectivity index (χ4n) is 4.37. The van der Waals surface area contributed by atoms with Crippen molar-refractivity contribution >= 4 is 6.09 Å². The van der Waals surface area contributed by atoms with Crippen LogP contribution in [0, 0.1) is 0 Å². The van der Waals surface area contributed by atoms with E-state index in [1.807, 2.05) is 39.8 Å². The maximum absolute atomic E-state index is 13.2. The number of halogens is 6. The number of amides is 1. The third kappa shape index (κ3) is 6.43. The van der Waals surface area contributed by atoms with Crippen molar-refractivity contribution in [3.05, 3.63) is 59.2 Å². The summed E-state index contributed by atoms with van der Waals surface area (Å²) in [6, 6.07) is 9.25. The van der Waals surface area contributed by atoms with Crippen LogP contribution in [0.5, 0.6) is 0 Å². The number of carbonyl (C=O) groups excluding carboxylic acids is 1. The lowest BCUT2D eigenvalue weighted by atomic mass is 9.89. The molecule has 1 amide bonds. The number of aryl methyl sites for hydroxylation is 1. The number of nitrogens with zero attached hydrogens (tertiary/aromatic N) is 2. The summed E-state index contributed by atoms with van der Waals surface area (Å²) in [5, 5.41) is 9.62.